The van der Waals surface area contributed by atoms with E-state index in [4.69, 9.17) is 11.6 Å². The molecular weight excluding hydrogens is 348 g/mol. The number of carbonyl (C=O) groups excluding carboxylic acids is 1. The highest BCUT2D eigenvalue weighted by molar-refractivity contribution is 6.56. The second-order valence-corrected chi connectivity index (χ2v) is 6.48. The van der Waals surface area contributed by atoms with Gasteiger partial charge in [-0.2, -0.15) is 0 Å². The lowest BCUT2D eigenvalue weighted by Gasteiger charge is -2.16. The number of fused-ring (bicyclic) bond motifs is 1. The Bertz CT molecular complexity index is 1040. The second kappa shape index (κ2) is 6.32. The second-order valence-electron chi connectivity index (χ2n) is 6.07. The van der Waals surface area contributed by atoms with E-state index in [0.29, 0.717) is 22.1 Å². The molecule has 0 aromatic heterocycles. The van der Waals surface area contributed by atoms with E-state index in [9.17, 15) is 9.90 Å². The highest BCUT2D eigenvalue weighted by Gasteiger charge is 2.34. The summed E-state index contributed by atoms with van der Waals surface area (Å²) in [6.07, 6.45) is 0. The van der Waals surface area contributed by atoms with Gasteiger partial charge in [0.15, 0.2) is 0 Å². The summed E-state index contributed by atoms with van der Waals surface area (Å²) in [5.74, 6) is -0.0644. The van der Waals surface area contributed by atoms with E-state index in [1.54, 1.807) is 35.2 Å². The number of carbonyl (C=O) groups is 1. The fourth-order valence-corrected chi connectivity index (χ4v) is 3.12. The lowest BCUT2D eigenvalue weighted by molar-refractivity contribution is -0.111. The van der Waals surface area contributed by atoms with Gasteiger partial charge in [0, 0.05) is 16.3 Å². The first kappa shape index (κ1) is 16.4. The Morgan fingerprint density at radius 1 is 1.00 bits per heavy atom. The van der Waals surface area contributed by atoms with Crippen molar-refractivity contribution >= 4 is 40.3 Å². The highest BCUT2D eigenvalue weighted by atomic mass is 35.5. The topological polar surface area (TPSA) is 52.9 Å². The molecule has 0 bridgehead atoms. The minimum absolute atomic E-state index is 0.150. The lowest BCUT2D eigenvalue weighted by Crippen LogP contribution is -2.25. The Labute approximate surface area is 156 Å². The summed E-state index contributed by atoms with van der Waals surface area (Å²) in [6, 6.07) is 19.5. The molecule has 1 heterocycles. The largest absolute Gasteiger partial charge is 0.508 e. The third kappa shape index (κ3) is 2.74. The molecule has 4 nitrogen and oxygen atoms in total. The minimum atomic E-state index is -0.214. The molecule has 0 aliphatic carbocycles. The van der Waals surface area contributed by atoms with Gasteiger partial charge < -0.3 is 5.11 Å². The van der Waals surface area contributed by atoms with Crippen LogP contribution in [0.3, 0.4) is 0 Å². The maximum Gasteiger partial charge on any atom is 0.282 e. The highest BCUT2D eigenvalue weighted by Crippen LogP contribution is 2.37. The number of anilines is 2. The molecule has 0 radical (unpaired) electrons. The maximum absolute atomic E-state index is 13.1. The summed E-state index contributed by atoms with van der Waals surface area (Å²) in [7, 11) is 0. The Morgan fingerprint density at radius 3 is 2.46 bits per heavy atom. The fourth-order valence-electron chi connectivity index (χ4n) is 2.95. The van der Waals surface area contributed by atoms with Gasteiger partial charge in [-0.25, -0.2) is 4.99 Å². The van der Waals surface area contributed by atoms with Crippen LogP contribution in [0.5, 0.6) is 5.75 Å². The van der Waals surface area contributed by atoms with E-state index in [1.807, 2.05) is 43.3 Å². The third-order valence-corrected chi connectivity index (χ3v) is 4.72. The van der Waals surface area contributed by atoms with Gasteiger partial charge in [0.1, 0.15) is 11.5 Å². The number of aromatic hydroxyl groups is 1. The molecule has 1 N–H and O–H groups in total. The van der Waals surface area contributed by atoms with E-state index in [2.05, 4.69) is 4.99 Å². The number of phenols is 1. The molecule has 0 spiro atoms. The van der Waals surface area contributed by atoms with Crippen LogP contribution in [0.25, 0.3) is 0 Å². The van der Waals surface area contributed by atoms with Crippen LogP contribution in [-0.2, 0) is 4.79 Å². The number of rotatable bonds is 2. The normalized spacial score (nSPS) is 14.8. The van der Waals surface area contributed by atoms with Crippen molar-refractivity contribution < 1.29 is 9.90 Å². The van der Waals surface area contributed by atoms with Crippen molar-refractivity contribution in [3.63, 3.8) is 0 Å². The van der Waals surface area contributed by atoms with Crippen molar-refractivity contribution in [2.75, 3.05) is 4.90 Å². The number of aliphatic imine (C=N–C) groups is 1. The summed E-state index contributed by atoms with van der Waals surface area (Å²) in [6.45, 7) is 1.92. The van der Waals surface area contributed by atoms with Gasteiger partial charge in [-0.3, -0.25) is 9.69 Å². The molecule has 0 atom stereocenters. The first-order valence-electron chi connectivity index (χ1n) is 8.12. The number of benzene rings is 3. The van der Waals surface area contributed by atoms with E-state index in [0.717, 1.165) is 16.8 Å². The number of aryl methyl sites for hydroxylation is 1. The van der Waals surface area contributed by atoms with Gasteiger partial charge in [0.2, 0.25) is 0 Å². The molecule has 3 aromatic rings. The number of hydrogen-bond donors (Lipinski definition) is 1. The average Bonchev–Trinajstić information content (AvgIpc) is 2.91. The first-order chi connectivity index (χ1) is 12.5. The van der Waals surface area contributed by atoms with E-state index < -0.39 is 0 Å². The molecular formula is C21H15ClN2O2. The lowest BCUT2D eigenvalue weighted by atomic mass is 10.1. The summed E-state index contributed by atoms with van der Waals surface area (Å²) in [5.41, 5.74) is 4.16. The van der Waals surface area contributed by atoms with Crippen molar-refractivity contribution in [2.24, 2.45) is 4.99 Å². The minimum Gasteiger partial charge on any atom is -0.508 e. The maximum atomic E-state index is 13.1. The zero-order chi connectivity index (χ0) is 18.3. The quantitative estimate of drug-likeness (QED) is 0.685. The van der Waals surface area contributed by atoms with Crippen LogP contribution in [0.15, 0.2) is 71.7 Å². The SMILES string of the molecule is Cc1ccc(N=C2C(=O)N(c3ccc(O)cc3)c3ccccc32)cc1Cl. The Hall–Kier alpha value is -3.11. The van der Waals surface area contributed by atoms with E-state index >= 15 is 0 Å². The molecule has 0 unspecified atom stereocenters. The summed E-state index contributed by atoms with van der Waals surface area (Å²) >= 11 is 6.19. The molecule has 1 amide bonds. The Balaban J connectivity index is 1.84. The fraction of sp³-hybridized carbons (Fsp3) is 0.0476. The van der Waals surface area contributed by atoms with Crippen molar-refractivity contribution in [1.82, 2.24) is 0 Å². The number of halogens is 1. The first-order valence-corrected chi connectivity index (χ1v) is 8.50. The van der Waals surface area contributed by atoms with Crippen LogP contribution in [0.2, 0.25) is 5.02 Å². The van der Waals surface area contributed by atoms with Gasteiger partial charge in [0.25, 0.3) is 5.91 Å². The van der Waals surface area contributed by atoms with Crippen molar-refractivity contribution in [3.8, 4) is 5.75 Å². The number of nitrogens with zero attached hydrogens (tertiary/aromatic N) is 2. The number of para-hydroxylation sites is 1. The molecule has 1 aliphatic heterocycles. The van der Waals surface area contributed by atoms with Gasteiger partial charge in [0.05, 0.1) is 11.4 Å². The molecule has 5 heteroatoms. The summed E-state index contributed by atoms with van der Waals surface area (Å²) < 4.78 is 0. The van der Waals surface area contributed by atoms with Crippen LogP contribution < -0.4 is 4.90 Å². The van der Waals surface area contributed by atoms with E-state index in [-0.39, 0.29) is 11.7 Å². The van der Waals surface area contributed by atoms with Crippen LogP contribution in [-0.4, -0.2) is 16.7 Å². The number of amides is 1. The zero-order valence-corrected chi connectivity index (χ0v) is 14.7. The van der Waals surface area contributed by atoms with Crippen LogP contribution >= 0.6 is 11.6 Å². The monoisotopic (exact) mass is 362 g/mol. The molecule has 0 fully saturated rings. The summed E-state index contributed by atoms with van der Waals surface area (Å²) in [5, 5.41) is 10.1. The standard InChI is InChI=1S/C21H15ClN2O2/c1-13-6-7-14(12-18(13)22)23-20-17-4-2-3-5-19(17)24(21(20)26)15-8-10-16(25)11-9-15/h2-12,25H,1H3. The van der Waals surface area contributed by atoms with Crippen molar-refractivity contribution in [3.05, 3.63) is 82.9 Å². The van der Waals surface area contributed by atoms with Crippen LogP contribution in [0.1, 0.15) is 11.1 Å². The predicted molar refractivity (Wildman–Crippen MR) is 104 cm³/mol. The van der Waals surface area contributed by atoms with Crippen LogP contribution in [0.4, 0.5) is 17.1 Å². The van der Waals surface area contributed by atoms with Crippen LogP contribution in [0, 0.1) is 6.92 Å². The molecule has 26 heavy (non-hydrogen) atoms. The number of phenolic OH excluding ortho intramolecular Hbond substituents is 1. The van der Waals surface area contributed by atoms with Gasteiger partial charge in [-0.1, -0.05) is 35.9 Å². The molecule has 3 aromatic carbocycles. The van der Waals surface area contributed by atoms with Gasteiger partial charge >= 0.3 is 0 Å². The Morgan fingerprint density at radius 2 is 1.73 bits per heavy atom. The van der Waals surface area contributed by atoms with E-state index in [1.165, 1.54) is 0 Å². The third-order valence-electron chi connectivity index (χ3n) is 4.31. The molecule has 4 rings (SSSR count). The smallest absolute Gasteiger partial charge is 0.282 e. The van der Waals surface area contributed by atoms with Crippen molar-refractivity contribution in [1.29, 1.82) is 0 Å². The molecule has 128 valence electrons. The average molecular weight is 363 g/mol. The van der Waals surface area contributed by atoms with Crippen molar-refractivity contribution in [2.45, 2.75) is 6.92 Å². The predicted octanol–water partition coefficient (Wildman–Crippen LogP) is 5.15. The Kier molecular flexibility index (Phi) is 3.98. The van der Waals surface area contributed by atoms with Gasteiger partial charge in [-0.05, 0) is 55.0 Å². The van der Waals surface area contributed by atoms with Gasteiger partial charge in [-0.15, -0.1) is 0 Å². The number of hydrogen-bond acceptors (Lipinski definition) is 3. The molecule has 0 saturated carbocycles. The zero-order valence-electron chi connectivity index (χ0n) is 14.0. The summed E-state index contributed by atoms with van der Waals surface area (Å²) in [4.78, 5) is 19.3. The molecule has 1 aliphatic rings. The molecule has 0 saturated heterocycles.